The van der Waals surface area contributed by atoms with Crippen LogP contribution in [-0.2, 0) is 28.6 Å². The first kappa shape index (κ1) is 63.4. The average Bonchev–Trinajstić information content (AvgIpc) is 3.30. The Morgan fingerprint density at radius 3 is 0.800 bits per heavy atom. The van der Waals surface area contributed by atoms with Gasteiger partial charge >= 0.3 is 17.9 Å². The molecule has 0 heterocycles. The van der Waals surface area contributed by atoms with Crippen molar-refractivity contribution in [3.8, 4) is 0 Å². The van der Waals surface area contributed by atoms with Gasteiger partial charge in [0.2, 0.25) is 0 Å². The predicted octanol–water partition coefficient (Wildman–Crippen LogP) is 19.4. The molecule has 6 nitrogen and oxygen atoms in total. The first-order valence-corrected chi connectivity index (χ1v) is 29.4. The lowest BCUT2D eigenvalue weighted by molar-refractivity contribution is -0.167. The maximum Gasteiger partial charge on any atom is 0.306 e. The van der Waals surface area contributed by atoms with Gasteiger partial charge in [-0.1, -0.05) is 297 Å². The predicted molar refractivity (Wildman–Crippen MR) is 280 cm³/mol. The number of rotatable bonds is 54. The van der Waals surface area contributed by atoms with Gasteiger partial charge in [0, 0.05) is 19.3 Å². The van der Waals surface area contributed by atoms with Gasteiger partial charge in [0.25, 0.3) is 0 Å². The molecule has 0 rings (SSSR count). The van der Waals surface area contributed by atoms with E-state index in [4.69, 9.17) is 14.2 Å². The molecular formula is C59H114O6. The molecule has 0 aromatic rings. The van der Waals surface area contributed by atoms with Gasteiger partial charge in [-0.25, -0.2) is 0 Å². The highest BCUT2D eigenvalue weighted by molar-refractivity contribution is 5.71. The van der Waals surface area contributed by atoms with Gasteiger partial charge in [-0.3, -0.25) is 14.4 Å². The Kier molecular flexibility index (Phi) is 52.1. The lowest BCUT2D eigenvalue weighted by Crippen LogP contribution is -2.30. The molecule has 0 amide bonds. The molecule has 65 heavy (non-hydrogen) atoms. The van der Waals surface area contributed by atoms with E-state index in [-0.39, 0.29) is 31.1 Å². The third-order valence-corrected chi connectivity index (χ3v) is 13.9. The smallest absolute Gasteiger partial charge is 0.306 e. The number of hydrogen-bond acceptors (Lipinski definition) is 6. The molecule has 6 heteroatoms. The zero-order chi connectivity index (χ0) is 47.4. The van der Waals surface area contributed by atoms with Gasteiger partial charge in [-0.05, 0) is 25.2 Å². The third kappa shape index (κ3) is 51.6. The van der Waals surface area contributed by atoms with Crippen molar-refractivity contribution >= 4 is 17.9 Å². The second-order valence-corrected chi connectivity index (χ2v) is 20.5. The fourth-order valence-electron chi connectivity index (χ4n) is 9.07. The molecule has 2 atom stereocenters. The standard InChI is InChI=1S/C59H114O6/c1-5-8-10-12-14-16-18-20-21-22-23-27-31-34-38-42-46-50-57(60)63-53-56(65-59(62)52-48-44-40-36-30-19-17-15-13-11-9-6-2)54-64-58(61)51-47-43-39-35-32-28-25-24-26-29-33-37-41-45-49-55(4)7-3/h55-56H,5-54H2,1-4H3/t55?,56-/m0/s1. The van der Waals surface area contributed by atoms with Crippen molar-refractivity contribution in [2.45, 2.75) is 342 Å². The van der Waals surface area contributed by atoms with Crippen LogP contribution >= 0.6 is 0 Å². The third-order valence-electron chi connectivity index (χ3n) is 13.9. The molecule has 386 valence electrons. The summed E-state index contributed by atoms with van der Waals surface area (Å²) in [6.45, 7) is 9.10. The van der Waals surface area contributed by atoms with E-state index in [0.717, 1.165) is 63.7 Å². The van der Waals surface area contributed by atoms with E-state index in [9.17, 15) is 14.4 Å². The van der Waals surface area contributed by atoms with Crippen LogP contribution in [0.25, 0.3) is 0 Å². The molecule has 0 aromatic carbocycles. The summed E-state index contributed by atoms with van der Waals surface area (Å²) >= 11 is 0. The van der Waals surface area contributed by atoms with E-state index < -0.39 is 6.10 Å². The van der Waals surface area contributed by atoms with Crippen LogP contribution in [0.1, 0.15) is 336 Å². The highest BCUT2D eigenvalue weighted by Gasteiger charge is 2.19. The molecule has 0 spiro atoms. The topological polar surface area (TPSA) is 78.9 Å². The summed E-state index contributed by atoms with van der Waals surface area (Å²) in [7, 11) is 0. The van der Waals surface area contributed by atoms with Crippen molar-refractivity contribution in [1.82, 2.24) is 0 Å². The van der Waals surface area contributed by atoms with Gasteiger partial charge in [-0.2, -0.15) is 0 Å². The van der Waals surface area contributed by atoms with Gasteiger partial charge in [0.05, 0.1) is 0 Å². The summed E-state index contributed by atoms with van der Waals surface area (Å²) in [5, 5.41) is 0. The lowest BCUT2D eigenvalue weighted by atomic mass is 9.99. The summed E-state index contributed by atoms with van der Waals surface area (Å²) in [5.74, 6) is 0.0613. The number of carbonyl (C=O) groups is 3. The monoisotopic (exact) mass is 919 g/mol. The molecule has 0 saturated carbocycles. The van der Waals surface area contributed by atoms with Gasteiger partial charge in [0.15, 0.2) is 6.10 Å². The van der Waals surface area contributed by atoms with Gasteiger partial charge in [0.1, 0.15) is 13.2 Å². The lowest BCUT2D eigenvalue weighted by Gasteiger charge is -2.18. The van der Waals surface area contributed by atoms with Crippen molar-refractivity contribution in [1.29, 1.82) is 0 Å². The normalized spacial score (nSPS) is 12.4. The molecule has 0 N–H and O–H groups in total. The maximum atomic E-state index is 12.8. The minimum absolute atomic E-state index is 0.0617. The van der Waals surface area contributed by atoms with E-state index in [0.29, 0.717) is 19.3 Å². The zero-order valence-electron chi connectivity index (χ0n) is 44.5. The van der Waals surface area contributed by atoms with Crippen LogP contribution in [0, 0.1) is 5.92 Å². The van der Waals surface area contributed by atoms with E-state index in [1.54, 1.807) is 0 Å². The summed E-state index contributed by atoms with van der Waals surface area (Å²) < 4.78 is 16.9. The van der Waals surface area contributed by atoms with E-state index in [1.807, 2.05) is 0 Å². The number of esters is 3. The first-order chi connectivity index (χ1) is 31.9. The summed E-state index contributed by atoms with van der Waals surface area (Å²) in [5.41, 5.74) is 0. The SMILES string of the molecule is CCCCCCCCCCCCCCCCCCCC(=O)OC[C@@H](COC(=O)CCCCCCCCCCCCCCCCC(C)CC)OC(=O)CCCCCCCCCCCCCC. The van der Waals surface area contributed by atoms with Crippen LogP contribution in [0.15, 0.2) is 0 Å². The van der Waals surface area contributed by atoms with Crippen LogP contribution in [0.5, 0.6) is 0 Å². The number of hydrogen-bond donors (Lipinski definition) is 0. The Hall–Kier alpha value is -1.59. The van der Waals surface area contributed by atoms with Crippen LogP contribution in [0.4, 0.5) is 0 Å². The second-order valence-electron chi connectivity index (χ2n) is 20.5. The van der Waals surface area contributed by atoms with Crippen molar-refractivity contribution in [2.24, 2.45) is 5.92 Å². The van der Waals surface area contributed by atoms with E-state index >= 15 is 0 Å². The number of unbranched alkanes of at least 4 members (excludes halogenated alkanes) is 40. The Balaban J connectivity index is 4.26. The highest BCUT2D eigenvalue weighted by atomic mass is 16.6. The Labute approximate surface area is 406 Å². The Morgan fingerprint density at radius 2 is 0.538 bits per heavy atom. The Morgan fingerprint density at radius 1 is 0.308 bits per heavy atom. The molecule has 1 unspecified atom stereocenters. The molecule has 0 aliphatic heterocycles. The minimum Gasteiger partial charge on any atom is -0.462 e. The van der Waals surface area contributed by atoms with Crippen LogP contribution in [-0.4, -0.2) is 37.2 Å². The molecule has 0 aromatic heterocycles. The first-order valence-electron chi connectivity index (χ1n) is 29.4. The van der Waals surface area contributed by atoms with Gasteiger partial charge < -0.3 is 14.2 Å². The quantitative estimate of drug-likeness (QED) is 0.0344. The molecule has 0 saturated heterocycles. The summed E-state index contributed by atoms with van der Waals surface area (Å²) in [6, 6.07) is 0. The van der Waals surface area contributed by atoms with Gasteiger partial charge in [-0.15, -0.1) is 0 Å². The average molecular weight is 920 g/mol. The molecule has 0 radical (unpaired) electrons. The van der Waals surface area contributed by atoms with Crippen molar-refractivity contribution in [3.05, 3.63) is 0 Å². The van der Waals surface area contributed by atoms with E-state index in [1.165, 1.54) is 231 Å². The number of carbonyl (C=O) groups excluding carboxylic acids is 3. The second kappa shape index (κ2) is 53.4. The molecule has 0 fully saturated rings. The van der Waals surface area contributed by atoms with Crippen molar-refractivity contribution in [3.63, 3.8) is 0 Å². The molecule has 0 bridgehead atoms. The molecular weight excluding hydrogens is 805 g/mol. The highest BCUT2D eigenvalue weighted by Crippen LogP contribution is 2.18. The Bertz CT molecular complexity index is 982. The summed E-state index contributed by atoms with van der Waals surface area (Å²) in [4.78, 5) is 38.1. The molecule has 0 aliphatic rings. The van der Waals surface area contributed by atoms with Crippen molar-refractivity contribution < 1.29 is 28.6 Å². The van der Waals surface area contributed by atoms with Crippen LogP contribution < -0.4 is 0 Å². The summed E-state index contributed by atoms with van der Waals surface area (Å²) in [6.07, 6.45) is 58.0. The fourth-order valence-corrected chi connectivity index (χ4v) is 9.07. The largest absolute Gasteiger partial charge is 0.462 e. The van der Waals surface area contributed by atoms with Crippen molar-refractivity contribution in [2.75, 3.05) is 13.2 Å². The van der Waals surface area contributed by atoms with Crippen LogP contribution in [0.2, 0.25) is 0 Å². The zero-order valence-corrected chi connectivity index (χ0v) is 44.5. The minimum atomic E-state index is -0.761. The van der Waals surface area contributed by atoms with E-state index in [2.05, 4.69) is 27.7 Å². The maximum absolute atomic E-state index is 12.8. The fraction of sp³-hybridized carbons (Fsp3) is 0.949. The molecule has 0 aliphatic carbocycles. The van der Waals surface area contributed by atoms with Crippen LogP contribution in [0.3, 0.4) is 0 Å². The number of ether oxygens (including phenoxy) is 3.